The smallest absolute Gasteiger partial charge is 0.331 e. The maximum atomic E-state index is 13.2. The topological polar surface area (TPSA) is 128 Å². The number of hydrogen-bond donors (Lipinski definition) is 1. The van der Waals surface area contributed by atoms with Gasteiger partial charge in [-0.2, -0.15) is 4.31 Å². The van der Waals surface area contributed by atoms with Gasteiger partial charge in [0.25, 0.3) is 5.91 Å². The van der Waals surface area contributed by atoms with Crippen LogP contribution in [0.3, 0.4) is 0 Å². The van der Waals surface area contributed by atoms with Crippen molar-refractivity contribution in [2.75, 3.05) is 69.4 Å². The summed E-state index contributed by atoms with van der Waals surface area (Å²) in [5.41, 5.74) is 0.963. The Hall–Kier alpha value is -2.71. The number of rotatable bonds is 8. The van der Waals surface area contributed by atoms with Crippen molar-refractivity contribution in [1.82, 2.24) is 4.31 Å². The second-order valence-electron chi connectivity index (χ2n) is 7.93. The van der Waals surface area contributed by atoms with Crippen LogP contribution in [0.15, 0.2) is 50.4 Å². The molecule has 36 heavy (non-hydrogen) atoms. The van der Waals surface area contributed by atoms with Gasteiger partial charge < -0.3 is 28.8 Å². The van der Waals surface area contributed by atoms with Gasteiger partial charge in [0, 0.05) is 32.3 Å². The number of morpholine rings is 2. The van der Waals surface area contributed by atoms with E-state index < -0.39 is 28.5 Å². The minimum Gasteiger partial charge on any atom is -0.452 e. The van der Waals surface area contributed by atoms with E-state index in [1.165, 1.54) is 22.5 Å². The lowest BCUT2D eigenvalue weighted by Gasteiger charge is -2.31. The average molecular weight is 584 g/mol. The van der Waals surface area contributed by atoms with E-state index in [0.717, 1.165) is 6.08 Å². The Kier molecular flexibility index (Phi) is 8.80. The first kappa shape index (κ1) is 26.4. The summed E-state index contributed by atoms with van der Waals surface area (Å²) < 4.78 is 49.1. The summed E-state index contributed by atoms with van der Waals surface area (Å²) in [6, 6.07) is 7.97. The molecule has 0 atom stereocenters. The number of nitrogens with one attached hydrogen (secondary N) is 1. The van der Waals surface area contributed by atoms with Gasteiger partial charge in [-0.05, 0) is 52.3 Å². The SMILES string of the molecule is O=C(COC(=O)/C=C/c1ccc(Br)o1)Nc1cc(S(=O)(=O)N2CCOCC2)ccc1N1CCOCC1. The van der Waals surface area contributed by atoms with Gasteiger partial charge in [-0.25, -0.2) is 13.2 Å². The predicted octanol–water partition coefficient (Wildman–Crippen LogP) is 2.09. The Labute approximate surface area is 217 Å². The maximum absolute atomic E-state index is 13.2. The van der Waals surface area contributed by atoms with E-state index in [9.17, 15) is 18.0 Å². The van der Waals surface area contributed by atoms with Crippen molar-refractivity contribution in [2.45, 2.75) is 4.90 Å². The van der Waals surface area contributed by atoms with Crippen molar-refractivity contribution in [3.05, 3.63) is 46.8 Å². The van der Waals surface area contributed by atoms with Crippen LogP contribution in [-0.4, -0.2) is 83.8 Å². The Morgan fingerprint density at radius 3 is 2.39 bits per heavy atom. The third-order valence-electron chi connectivity index (χ3n) is 5.52. The first-order valence-corrected chi connectivity index (χ1v) is 13.5. The van der Waals surface area contributed by atoms with Gasteiger partial charge in [-0.1, -0.05) is 0 Å². The molecule has 0 radical (unpaired) electrons. The van der Waals surface area contributed by atoms with Gasteiger partial charge in [-0.15, -0.1) is 0 Å². The van der Waals surface area contributed by atoms with Crippen LogP contribution in [0.2, 0.25) is 0 Å². The van der Waals surface area contributed by atoms with E-state index in [2.05, 4.69) is 21.2 Å². The molecule has 4 rings (SSSR count). The van der Waals surface area contributed by atoms with Crippen molar-refractivity contribution in [3.63, 3.8) is 0 Å². The minimum absolute atomic E-state index is 0.0567. The van der Waals surface area contributed by atoms with E-state index >= 15 is 0 Å². The quantitative estimate of drug-likeness (QED) is 0.367. The lowest BCUT2D eigenvalue weighted by Crippen LogP contribution is -2.40. The first-order valence-electron chi connectivity index (χ1n) is 11.3. The normalized spacial score (nSPS) is 17.3. The Bertz CT molecular complexity index is 1220. The van der Waals surface area contributed by atoms with Crippen LogP contribution in [0, 0.1) is 0 Å². The molecule has 194 valence electrons. The van der Waals surface area contributed by atoms with Gasteiger partial charge in [0.2, 0.25) is 10.0 Å². The van der Waals surface area contributed by atoms with Gasteiger partial charge in [0.15, 0.2) is 11.3 Å². The summed E-state index contributed by atoms with van der Waals surface area (Å²) >= 11 is 3.17. The summed E-state index contributed by atoms with van der Waals surface area (Å²) in [6.45, 7) is 2.81. The summed E-state index contributed by atoms with van der Waals surface area (Å²) in [4.78, 5) is 26.7. The van der Waals surface area contributed by atoms with Crippen molar-refractivity contribution in [1.29, 1.82) is 0 Å². The molecule has 0 aliphatic carbocycles. The standard InChI is InChI=1S/C23H26BrN3O8S/c24-21-5-1-17(35-21)2-6-23(29)34-16-22(28)25-19-15-18(36(30,31)27-9-13-33-14-10-27)3-4-20(19)26-7-11-32-12-8-26/h1-6,15H,7-14,16H2,(H,25,28)/b6-2+. The molecule has 0 spiro atoms. The molecule has 3 heterocycles. The molecule has 0 bridgehead atoms. The minimum atomic E-state index is -3.77. The zero-order valence-electron chi connectivity index (χ0n) is 19.4. The number of benzene rings is 1. The lowest BCUT2D eigenvalue weighted by atomic mass is 10.2. The van der Waals surface area contributed by atoms with Crippen LogP contribution in [-0.2, 0) is 33.8 Å². The number of nitrogens with zero attached hydrogens (tertiary/aromatic N) is 2. The molecule has 2 aliphatic heterocycles. The summed E-state index contributed by atoms with van der Waals surface area (Å²) in [5.74, 6) is -0.889. The molecule has 13 heteroatoms. The lowest BCUT2D eigenvalue weighted by molar-refractivity contribution is -0.142. The molecule has 2 aromatic rings. The summed E-state index contributed by atoms with van der Waals surface area (Å²) in [7, 11) is -3.77. The van der Waals surface area contributed by atoms with E-state index in [1.807, 2.05) is 4.90 Å². The maximum Gasteiger partial charge on any atom is 0.331 e. The number of amides is 1. The number of carbonyl (C=O) groups excluding carboxylic acids is 2. The van der Waals surface area contributed by atoms with Crippen molar-refractivity contribution < 1.29 is 36.6 Å². The number of carbonyl (C=O) groups is 2. The monoisotopic (exact) mass is 583 g/mol. The Morgan fingerprint density at radius 2 is 1.72 bits per heavy atom. The molecule has 2 saturated heterocycles. The van der Waals surface area contributed by atoms with Crippen LogP contribution >= 0.6 is 15.9 Å². The highest BCUT2D eigenvalue weighted by atomic mass is 79.9. The second-order valence-corrected chi connectivity index (χ2v) is 10.6. The molecular formula is C23H26BrN3O8S. The van der Waals surface area contributed by atoms with Crippen LogP contribution in [0.1, 0.15) is 5.76 Å². The van der Waals surface area contributed by atoms with Gasteiger partial charge >= 0.3 is 5.97 Å². The number of halogens is 1. The summed E-state index contributed by atoms with van der Waals surface area (Å²) in [6.07, 6.45) is 2.56. The molecule has 1 amide bonds. The van der Waals surface area contributed by atoms with Crippen molar-refractivity contribution in [2.24, 2.45) is 0 Å². The van der Waals surface area contributed by atoms with Gasteiger partial charge in [0.1, 0.15) is 5.76 Å². The van der Waals surface area contributed by atoms with Crippen molar-refractivity contribution >= 4 is 55.3 Å². The highest BCUT2D eigenvalue weighted by Crippen LogP contribution is 2.31. The van der Waals surface area contributed by atoms with Crippen molar-refractivity contribution in [3.8, 4) is 0 Å². The molecule has 2 fully saturated rings. The van der Waals surface area contributed by atoms with Crippen LogP contribution in [0.25, 0.3) is 6.08 Å². The number of hydrogen-bond acceptors (Lipinski definition) is 9. The Morgan fingerprint density at radius 1 is 1.03 bits per heavy atom. The fourth-order valence-corrected chi connectivity index (χ4v) is 5.48. The van der Waals surface area contributed by atoms with E-state index in [-0.39, 0.29) is 18.0 Å². The van der Waals surface area contributed by atoms with Crippen LogP contribution < -0.4 is 10.2 Å². The van der Waals surface area contributed by atoms with E-state index in [0.29, 0.717) is 61.3 Å². The first-order chi connectivity index (χ1) is 17.3. The largest absolute Gasteiger partial charge is 0.452 e. The summed E-state index contributed by atoms with van der Waals surface area (Å²) in [5, 5.41) is 2.70. The predicted molar refractivity (Wildman–Crippen MR) is 134 cm³/mol. The fourth-order valence-electron chi connectivity index (χ4n) is 3.73. The number of furan rings is 1. The fraction of sp³-hybridized carbons (Fsp3) is 0.391. The van der Waals surface area contributed by atoms with E-state index in [4.69, 9.17) is 18.6 Å². The molecule has 11 nitrogen and oxygen atoms in total. The number of esters is 1. The molecule has 0 unspecified atom stereocenters. The third-order valence-corrected chi connectivity index (χ3v) is 7.85. The molecule has 1 aromatic carbocycles. The zero-order chi connectivity index (χ0) is 25.5. The molecule has 2 aliphatic rings. The molecule has 0 saturated carbocycles. The highest BCUT2D eigenvalue weighted by Gasteiger charge is 2.28. The second kappa shape index (κ2) is 12.0. The highest BCUT2D eigenvalue weighted by molar-refractivity contribution is 9.10. The zero-order valence-corrected chi connectivity index (χ0v) is 21.8. The number of anilines is 2. The van der Waals surface area contributed by atoms with Crippen LogP contribution in [0.5, 0.6) is 0 Å². The van der Waals surface area contributed by atoms with Crippen LogP contribution in [0.4, 0.5) is 11.4 Å². The third kappa shape index (κ3) is 6.73. The Balaban J connectivity index is 1.47. The van der Waals surface area contributed by atoms with E-state index in [1.54, 1.807) is 18.2 Å². The molecule has 1 aromatic heterocycles. The van der Waals surface area contributed by atoms with Gasteiger partial charge in [0.05, 0.1) is 42.7 Å². The molecule has 1 N–H and O–H groups in total. The van der Waals surface area contributed by atoms with Gasteiger partial charge in [-0.3, -0.25) is 4.79 Å². The average Bonchev–Trinajstić information content (AvgIpc) is 3.32. The number of ether oxygens (including phenoxy) is 3. The molecular weight excluding hydrogens is 558 g/mol. The number of sulfonamides is 1.